The SMILES string of the molecule is CN1CC(NC2CNC2)C1. The van der Waals surface area contributed by atoms with E-state index in [2.05, 4.69) is 22.6 Å². The summed E-state index contributed by atoms with van der Waals surface area (Å²) in [6, 6.07) is 1.54. The molecule has 10 heavy (non-hydrogen) atoms. The fourth-order valence-electron chi connectivity index (χ4n) is 1.54. The third-order valence-electron chi connectivity index (χ3n) is 2.32. The molecule has 0 saturated carbocycles. The van der Waals surface area contributed by atoms with Crippen molar-refractivity contribution in [2.24, 2.45) is 0 Å². The van der Waals surface area contributed by atoms with Crippen molar-refractivity contribution in [3.05, 3.63) is 0 Å². The number of rotatable bonds is 2. The lowest BCUT2D eigenvalue weighted by Gasteiger charge is -2.41. The van der Waals surface area contributed by atoms with Crippen molar-refractivity contribution in [1.82, 2.24) is 15.5 Å². The summed E-state index contributed by atoms with van der Waals surface area (Å²) in [4.78, 5) is 2.34. The Morgan fingerprint density at radius 2 is 2.00 bits per heavy atom. The molecule has 2 rings (SSSR count). The first kappa shape index (κ1) is 6.58. The van der Waals surface area contributed by atoms with E-state index in [1.807, 2.05) is 0 Å². The van der Waals surface area contributed by atoms with Crippen LogP contribution in [0.5, 0.6) is 0 Å². The lowest BCUT2D eigenvalue weighted by molar-refractivity contribution is 0.140. The molecule has 2 aliphatic heterocycles. The fourth-order valence-corrected chi connectivity index (χ4v) is 1.54. The number of hydrogen-bond donors (Lipinski definition) is 2. The number of nitrogens with zero attached hydrogens (tertiary/aromatic N) is 1. The van der Waals surface area contributed by atoms with Gasteiger partial charge in [-0.05, 0) is 7.05 Å². The minimum Gasteiger partial charge on any atom is -0.314 e. The summed E-state index contributed by atoms with van der Waals surface area (Å²) in [6.45, 7) is 4.80. The van der Waals surface area contributed by atoms with Crippen molar-refractivity contribution in [2.75, 3.05) is 33.2 Å². The average Bonchev–Trinajstić information content (AvgIpc) is 1.72. The van der Waals surface area contributed by atoms with Gasteiger partial charge in [0.15, 0.2) is 0 Å². The van der Waals surface area contributed by atoms with Gasteiger partial charge in [0, 0.05) is 38.3 Å². The third-order valence-corrected chi connectivity index (χ3v) is 2.32. The highest BCUT2D eigenvalue weighted by Gasteiger charge is 2.27. The number of nitrogens with one attached hydrogen (secondary N) is 2. The molecule has 58 valence electrons. The zero-order valence-electron chi connectivity index (χ0n) is 6.43. The molecule has 0 aromatic heterocycles. The standard InChI is InChI=1S/C7H15N3/c1-10-4-7(5-10)9-6-2-8-3-6/h6-9H,2-5H2,1H3. The van der Waals surface area contributed by atoms with Crippen LogP contribution in [-0.2, 0) is 0 Å². The monoisotopic (exact) mass is 141 g/mol. The van der Waals surface area contributed by atoms with E-state index in [4.69, 9.17) is 0 Å². The Morgan fingerprint density at radius 3 is 2.40 bits per heavy atom. The molecule has 2 heterocycles. The van der Waals surface area contributed by atoms with Crippen LogP contribution in [0.15, 0.2) is 0 Å². The predicted molar refractivity (Wildman–Crippen MR) is 41.1 cm³/mol. The molecule has 2 saturated heterocycles. The maximum atomic E-state index is 3.58. The van der Waals surface area contributed by atoms with E-state index >= 15 is 0 Å². The zero-order chi connectivity index (χ0) is 6.97. The average molecular weight is 141 g/mol. The minimum absolute atomic E-state index is 0.763. The first-order valence-electron chi connectivity index (χ1n) is 4.00. The first-order chi connectivity index (χ1) is 4.84. The second-order valence-electron chi connectivity index (χ2n) is 3.44. The third kappa shape index (κ3) is 1.17. The summed E-state index contributed by atoms with van der Waals surface area (Å²) in [7, 11) is 2.16. The van der Waals surface area contributed by atoms with Crippen LogP contribution in [0.25, 0.3) is 0 Å². The molecule has 0 unspecified atom stereocenters. The van der Waals surface area contributed by atoms with Crippen LogP contribution in [-0.4, -0.2) is 50.2 Å². The summed E-state index contributed by atoms with van der Waals surface area (Å²) in [5.74, 6) is 0. The highest BCUT2D eigenvalue weighted by molar-refractivity contribution is 4.91. The molecule has 2 aliphatic rings. The summed E-state index contributed by atoms with van der Waals surface area (Å²) in [5.41, 5.74) is 0. The molecule has 0 aromatic rings. The van der Waals surface area contributed by atoms with Crippen LogP contribution in [0.4, 0.5) is 0 Å². The molecule has 0 amide bonds. The van der Waals surface area contributed by atoms with Crippen LogP contribution in [0.3, 0.4) is 0 Å². The molecule has 0 aromatic carbocycles. The Kier molecular flexibility index (Phi) is 1.64. The largest absolute Gasteiger partial charge is 0.314 e. The van der Waals surface area contributed by atoms with Crippen molar-refractivity contribution in [3.8, 4) is 0 Å². The number of likely N-dealkylation sites (tertiary alicyclic amines) is 1. The van der Waals surface area contributed by atoms with Gasteiger partial charge < -0.3 is 15.5 Å². The van der Waals surface area contributed by atoms with Gasteiger partial charge in [0.2, 0.25) is 0 Å². The second-order valence-corrected chi connectivity index (χ2v) is 3.44. The number of hydrogen-bond acceptors (Lipinski definition) is 3. The number of likely N-dealkylation sites (N-methyl/N-ethyl adjacent to an activating group) is 1. The summed E-state index contributed by atoms with van der Waals surface area (Å²) < 4.78 is 0. The minimum atomic E-state index is 0.763. The summed E-state index contributed by atoms with van der Waals surface area (Å²) in [5, 5.41) is 6.83. The molecule has 0 atom stereocenters. The normalized spacial score (nSPS) is 29.7. The van der Waals surface area contributed by atoms with Crippen LogP contribution in [0.1, 0.15) is 0 Å². The molecule has 0 radical (unpaired) electrons. The van der Waals surface area contributed by atoms with Gasteiger partial charge in [0.25, 0.3) is 0 Å². The van der Waals surface area contributed by atoms with E-state index in [1.54, 1.807) is 0 Å². The second kappa shape index (κ2) is 2.49. The summed E-state index contributed by atoms with van der Waals surface area (Å²) in [6.07, 6.45) is 0. The molecule has 0 spiro atoms. The Morgan fingerprint density at radius 1 is 1.30 bits per heavy atom. The van der Waals surface area contributed by atoms with Crippen LogP contribution in [0.2, 0.25) is 0 Å². The molecular weight excluding hydrogens is 126 g/mol. The molecule has 2 N–H and O–H groups in total. The van der Waals surface area contributed by atoms with Gasteiger partial charge >= 0.3 is 0 Å². The molecule has 0 aliphatic carbocycles. The van der Waals surface area contributed by atoms with Crippen molar-refractivity contribution in [3.63, 3.8) is 0 Å². The topological polar surface area (TPSA) is 27.3 Å². The molecule has 0 bridgehead atoms. The Hall–Kier alpha value is -0.120. The maximum Gasteiger partial charge on any atom is 0.0325 e. The van der Waals surface area contributed by atoms with Crippen molar-refractivity contribution < 1.29 is 0 Å². The molecule has 3 nitrogen and oxygen atoms in total. The Bertz CT molecular complexity index is 116. The van der Waals surface area contributed by atoms with Crippen molar-refractivity contribution >= 4 is 0 Å². The van der Waals surface area contributed by atoms with Gasteiger partial charge in [-0.1, -0.05) is 0 Å². The van der Waals surface area contributed by atoms with Gasteiger partial charge in [0.05, 0.1) is 0 Å². The molecule has 2 fully saturated rings. The van der Waals surface area contributed by atoms with Crippen molar-refractivity contribution in [2.45, 2.75) is 12.1 Å². The van der Waals surface area contributed by atoms with E-state index < -0.39 is 0 Å². The van der Waals surface area contributed by atoms with Gasteiger partial charge in [-0.25, -0.2) is 0 Å². The van der Waals surface area contributed by atoms with E-state index in [-0.39, 0.29) is 0 Å². The quantitative estimate of drug-likeness (QED) is 0.509. The lowest BCUT2D eigenvalue weighted by atomic mass is 10.1. The highest BCUT2D eigenvalue weighted by Crippen LogP contribution is 2.05. The smallest absolute Gasteiger partial charge is 0.0325 e. The first-order valence-corrected chi connectivity index (χ1v) is 4.00. The van der Waals surface area contributed by atoms with E-state index in [0.29, 0.717) is 0 Å². The highest BCUT2D eigenvalue weighted by atomic mass is 15.2. The Labute approximate surface area is 61.8 Å². The Balaban J connectivity index is 1.62. The fraction of sp³-hybridized carbons (Fsp3) is 1.00. The van der Waals surface area contributed by atoms with Gasteiger partial charge in [-0.2, -0.15) is 0 Å². The molecule has 3 heteroatoms. The lowest BCUT2D eigenvalue weighted by Crippen LogP contribution is -2.65. The van der Waals surface area contributed by atoms with Gasteiger partial charge in [0.1, 0.15) is 0 Å². The van der Waals surface area contributed by atoms with Crippen LogP contribution >= 0.6 is 0 Å². The van der Waals surface area contributed by atoms with E-state index in [0.717, 1.165) is 12.1 Å². The summed E-state index contributed by atoms with van der Waals surface area (Å²) >= 11 is 0. The van der Waals surface area contributed by atoms with Gasteiger partial charge in [-0.15, -0.1) is 0 Å². The van der Waals surface area contributed by atoms with Crippen LogP contribution in [0, 0.1) is 0 Å². The maximum absolute atomic E-state index is 3.58. The van der Waals surface area contributed by atoms with Gasteiger partial charge in [-0.3, -0.25) is 0 Å². The van der Waals surface area contributed by atoms with E-state index in [1.165, 1.54) is 26.2 Å². The predicted octanol–water partition coefficient (Wildman–Crippen LogP) is -1.14. The van der Waals surface area contributed by atoms with E-state index in [9.17, 15) is 0 Å². The van der Waals surface area contributed by atoms with Crippen LogP contribution < -0.4 is 10.6 Å². The molecular formula is C7H15N3. The zero-order valence-corrected chi connectivity index (χ0v) is 6.43. The van der Waals surface area contributed by atoms with Crippen molar-refractivity contribution in [1.29, 1.82) is 0 Å².